The van der Waals surface area contributed by atoms with E-state index in [-0.39, 0.29) is 11.5 Å². The van der Waals surface area contributed by atoms with E-state index in [1.807, 2.05) is 6.92 Å². The Morgan fingerprint density at radius 2 is 1.67 bits per heavy atom. The Balaban J connectivity index is 1.82. The Morgan fingerprint density at radius 1 is 1.04 bits per heavy atom. The van der Waals surface area contributed by atoms with Crippen LogP contribution in [0.3, 0.4) is 0 Å². The Bertz CT molecular complexity index is 968. The summed E-state index contributed by atoms with van der Waals surface area (Å²) < 4.78 is 37.8. The van der Waals surface area contributed by atoms with Crippen molar-refractivity contribution in [1.29, 1.82) is 0 Å². The summed E-state index contributed by atoms with van der Waals surface area (Å²) in [5, 5.41) is 2.50. The number of amides is 1. The van der Waals surface area contributed by atoms with Crippen LogP contribution < -0.4 is 11.1 Å². The minimum atomic E-state index is -4.46. The first-order valence-corrected chi connectivity index (χ1v) is 7.92. The molecule has 0 spiro atoms. The van der Waals surface area contributed by atoms with Crippen molar-refractivity contribution in [3.8, 4) is 11.3 Å². The second-order valence-electron chi connectivity index (χ2n) is 5.88. The summed E-state index contributed by atoms with van der Waals surface area (Å²) in [6.45, 7) is 1.83. The minimum Gasteiger partial charge on any atom is -0.399 e. The number of nitrogens with zero attached hydrogens (tertiary/aromatic N) is 2. The molecule has 0 fully saturated rings. The summed E-state index contributed by atoms with van der Waals surface area (Å²) >= 11 is 0. The fraction of sp³-hybridized carbons (Fsp3) is 0.105. The number of nitrogens with two attached hydrogens (primary N) is 1. The van der Waals surface area contributed by atoms with Crippen molar-refractivity contribution in [3.63, 3.8) is 0 Å². The molecule has 138 valence electrons. The Hall–Kier alpha value is -3.42. The van der Waals surface area contributed by atoms with Crippen LogP contribution in [-0.4, -0.2) is 15.9 Å². The third-order valence-corrected chi connectivity index (χ3v) is 3.86. The van der Waals surface area contributed by atoms with E-state index in [2.05, 4.69) is 15.3 Å². The fourth-order valence-corrected chi connectivity index (χ4v) is 2.42. The number of aryl methyl sites for hydroxylation is 1. The molecule has 1 aromatic heterocycles. The molecule has 0 radical (unpaired) electrons. The molecule has 1 heterocycles. The molecule has 0 aliphatic carbocycles. The van der Waals surface area contributed by atoms with Crippen molar-refractivity contribution < 1.29 is 18.0 Å². The van der Waals surface area contributed by atoms with Crippen molar-refractivity contribution in [3.05, 3.63) is 71.4 Å². The van der Waals surface area contributed by atoms with Gasteiger partial charge in [-0.15, -0.1) is 0 Å². The number of carbonyl (C=O) groups is 1. The lowest BCUT2D eigenvalue weighted by Crippen LogP contribution is -2.15. The van der Waals surface area contributed by atoms with Crippen LogP contribution in [0, 0.1) is 6.92 Å². The van der Waals surface area contributed by atoms with Gasteiger partial charge < -0.3 is 5.73 Å². The third-order valence-electron chi connectivity index (χ3n) is 3.86. The highest BCUT2D eigenvalue weighted by Gasteiger charge is 2.30. The number of aromatic nitrogens is 2. The molecule has 0 atom stereocenters. The van der Waals surface area contributed by atoms with E-state index >= 15 is 0 Å². The highest BCUT2D eigenvalue weighted by atomic mass is 19.4. The molecule has 0 aliphatic rings. The maximum atomic E-state index is 12.6. The van der Waals surface area contributed by atoms with E-state index in [1.165, 1.54) is 0 Å². The first kappa shape index (κ1) is 18.4. The molecule has 5 nitrogen and oxygen atoms in total. The van der Waals surface area contributed by atoms with Crippen LogP contribution in [0.4, 0.5) is 24.8 Å². The van der Waals surface area contributed by atoms with Crippen LogP contribution in [0.1, 0.15) is 21.5 Å². The summed E-state index contributed by atoms with van der Waals surface area (Å²) in [7, 11) is 0. The van der Waals surface area contributed by atoms with Crippen LogP contribution in [0.5, 0.6) is 0 Å². The molecule has 3 aromatic rings. The van der Waals surface area contributed by atoms with Crippen LogP contribution >= 0.6 is 0 Å². The van der Waals surface area contributed by atoms with Gasteiger partial charge in [0.05, 0.1) is 11.3 Å². The number of anilines is 2. The molecule has 2 aromatic carbocycles. The second kappa shape index (κ2) is 7.06. The van der Waals surface area contributed by atoms with Gasteiger partial charge in [0.1, 0.15) is 0 Å². The van der Waals surface area contributed by atoms with Gasteiger partial charge in [-0.05, 0) is 48.9 Å². The molecular formula is C19H15F3N4O. The number of rotatable bonds is 3. The topological polar surface area (TPSA) is 80.9 Å². The number of halogens is 3. The zero-order valence-corrected chi connectivity index (χ0v) is 14.2. The van der Waals surface area contributed by atoms with Crippen LogP contribution in [0.15, 0.2) is 54.7 Å². The Morgan fingerprint density at radius 3 is 2.26 bits per heavy atom. The maximum Gasteiger partial charge on any atom is 0.416 e. The molecule has 0 unspecified atom stereocenters. The highest BCUT2D eigenvalue weighted by molar-refractivity contribution is 6.03. The quantitative estimate of drug-likeness (QED) is 0.672. The van der Waals surface area contributed by atoms with Gasteiger partial charge in [-0.3, -0.25) is 10.1 Å². The van der Waals surface area contributed by atoms with Crippen LogP contribution in [0.2, 0.25) is 0 Å². The lowest BCUT2D eigenvalue weighted by Gasteiger charge is -2.10. The van der Waals surface area contributed by atoms with Crippen LogP contribution in [0.25, 0.3) is 11.3 Å². The average molecular weight is 372 g/mol. The first-order chi connectivity index (χ1) is 12.7. The molecule has 1 amide bonds. The van der Waals surface area contributed by atoms with E-state index < -0.39 is 17.6 Å². The van der Waals surface area contributed by atoms with Gasteiger partial charge in [-0.2, -0.15) is 13.2 Å². The predicted molar refractivity (Wildman–Crippen MR) is 96.0 cm³/mol. The summed E-state index contributed by atoms with van der Waals surface area (Å²) in [5.74, 6) is -0.548. The van der Waals surface area contributed by atoms with Gasteiger partial charge in [0.15, 0.2) is 0 Å². The van der Waals surface area contributed by atoms with Gasteiger partial charge in [-0.25, -0.2) is 9.97 Å². The highest BCUT2D eigenvalue weighted by Crippen LogP contribution is 2.29. The molecule has 0 saturated carbocycles. The summed E-state index contributed by atoms with van der Waals surface area (Å²) in [6, 6.07) is 11.0. The van der Waals surface area contributed by atoms with Crippen molar-refractivity contribution in [1.82, 2.24) is 9.97 Å². The van der Waals surface area contributed by atoms with Crippen molar-refractivity contribution in [2.24, 2.45) is 0 Å². The van der Waals surface area contributed by atoms with Crippen molar-refractivity contribution in [2.45, 2.75) is 13.1 Å². The lowest BCUT2D eigenvalue weighted by atomic mass is 10.1. The van der Waals surface area contributed by atoms with Crippen molar-refractivity contribution in [2.75, 3.05) is 11.1 Å². The van der Waals surface area contributed by atoms with Crippen molar-refractivity contribution >= 4 is 17.5 Å². The number of benzene rings is 2. The summed E-state index contributed by atoms with van der Waals surface area (Å²) in [6.07, 6.45) is -2.90. The van der Waals surface area contributed by atoms with E-state index in [4.69, 9.17) is 5.73 Å². The number of nitrogens with one attached hydrogen (secondary N) is 1. The fourth-order valence-electron chi connectivity index (χ4n) is 2.42. The van der Waals surface area contributed by atoms with Gasteiger partial charge in [0.2, 0.25) is 5.95 Å². The average Bonchev–Trinajstić information content (AvgIpc) is 2.63. The normalized spacial score (nSPS) is 11.3. The SMILES string of the molecule is Cc1cnc(NC(=O)c2ccc(C(F)(F)F)cc2)nc1-c1ccc(N)cc1. The Labute approximate surface area is 153 Å². The molecule has 0 saturated heterocycles. The number of carbonyl (C=O) groups excluding carboxylic acids is 1. The van der Waals surface area contributed by atoms with Gasteiger partial charge in [-0.1, -0.05) is 12.1 Å². The maximum absolute atomic E-state index is 12.6. The van der Waals surface area contributed by atoms with Gasteiger partial charge in [0, 0.05) is 23.0 Å². The molecular weight excluding hydrogens is 357 g/mol. The smallest absolute Gasteiger partial charge is 0.399 e. The standard InChI is InChI=1S/C19H15F3N4O/c1-11-10-24-18(25-16(11)12-4-8-15(23)9-5-12)26-17(27)13-2-6-14(7-3-13)19(20,21)22/h2-10H,23H2,1H3,(H,24,25,26,27). The van der Waals surface area contributed by atoms with E-state index in [1.54, 1.807) is 30.5 Å². The molecule has 0 aliphatic heterocycles. The lowest BCUT2D eigenvalue weighted by molar-refractivity contribution is -0.137. The Kier molecular flexibility index (Phi) is 4.81. The van der Waals surface area contributed by atoms with E-state index in [9.17, 15) is 18.0 Å². The predicted octanol–water partition coefficient (Wildman–Crippen LogP) is 4.31. The molecule has 8 heteroatoms. The minimum absolute atomic E-state index is 0.0531. The molecule has 3 N–H and O–H groups in total. The van der Waals surface area contributed by atoms with Gasteiger partial charge in [0.25, 0.3) is 5.91 Å². The van der Waals surface area contributed by atoms with E-state index in [0.29, 0.717) is 11.4 Å². The van der Waals surface area contributed by atoms with E-state index in [0.717, 1.165) is 35.4 Å². The van der Waals surface area contributed by atoms with Gasteiger partial charge >= 0.3 is 6.18 Å². The third kappa shape index (κ3) is 4.22. The summed E-state index contributed by atoms with van der Waals surface area (Å²) in [5.41, 5.74) is 7.76. The zero-order chi connectivity index (χ0) is 19.6. The number of hydrogen-bond donors (Lipinski definition) is 2. The summed E-state index contributed by atoms with van der Waals surface area (Å²) in [4.78, 5) is 20.7. The molecule has 0 bridgehead atoms. The largest absolute Gasteiger partial charge is 0.416 e. The van der Waals surface area contributed by atoms with Crippen LogP contribution in [-0.2, 0) is 6.18 Å². The number of hydrogen-bond acceptors (Lipinski definition) is 4. The second-order valence-corrected chi connectivity index (χ2v) is 5.88. The number of nitrogen functional groups attached to an aromatic ring is 1. The monoisotopic (exact) mass is 372 g/mol. The first-order valence-electron chi connectivity index (χ1n) is 7.92. The molecule has 3 rings (SSSR count). The number of alkyl halides is 3. The molecule has 27 heavy (non-hydrogen) atoms. The zero-order valence-electron chi connectivity index (χ0n) is 14.2.